The molecule has 1 unspecified atom stereocenters. The van der Waals surface area contributed by atoms with E-state index in [9.17, 15) is 17.8 Å². The molecule has 6 nitrogen and oxygen atoms in total. The van der Waals surface area contributed by atoms with Crippen LogP contribution in [0.2, 0.25) is 0 Å². The molecular formula is C12H24N2O4S. The van der Waals surface area contributed by atoms with Gasteiger partial charge in [-0.15, -0.1) is 0 Å². The molecule has 0 spiro atoms. The third kappa shape index (κ3) is 6.70. The molecule has 0 aliphatic carbocycles. The maximum atomic E-state index is 11.4. The molecule has 0 bridgehead atoms. The van der Waals surface area contributed by atoms with E-state index in [2.05, 4.69) is 17.2 Å². The predicted molar refractivity (Wildman–Crippen MR) is 75.3 cm³/mol. The van der Waals surface area contributed by atoms with Gasteiger partial charge >= 0.3 is 0 Å². The van der Waals surface area contributed by atoms with Gasteiger partial charge in [0.25, 0.3) is 10.1 Å². The molecule has 19 heavy (non-hydrogen) atoms. The van der Waals surface area contributed by atoms with E-state index in [0.717, 1.165) is 25.3 Å². The fourth-order valence-corrected chi connectivity index (χ4v) is 2.91. The van der Waals surface area contributed by atoms with Gasteiger partial charge in [0.2, 0.25) is 5.91 Å². The van der Waals surface area contributed by atoms with E-state index < -0.39 is 26.9 Å². The highest BCUT2D eigenvalue weighted by atomic mass is 32.2. The van der Waals surface area contributed by atoms with Crippen molar-refractivity contribution < 1.29 is 17.8 Å². The maximum Gasteiger partial charge on any atom is 0.283 e. The van der Waals surface area contributed by atoms with Crippen LogP contribution in [0, 0.1) is 0 Å². The first-order valence-electron chi connectivity index (χ1n) is 6.29. The van der Waals surface area contributed by atoms with E-state index in [1.165, 1.54) is 13.8 Å². The van der Waals surface area contributed by atoms with Gasteiger partial charge in [0.1, 0.15) is 0 Å². The monoisotopic (exact) mass is 292 g/mol. The van der Waals surface area contributed by atoms with Crippen LogP contribution >= 0.6 is 0 Å². The highest BCUT2D eigenvalue weighted by molar-refractivity contribution is 7.86. The third-order valence-corrected chi connectivity index (χ3v) is 4.05. The smallest absolute Gasteiger partial charge is 0.283 e. The Morgan fingerprint density at radius 3 is 2.42 bits per heavy atom. The second kappa shape index (κ2) is 7.62. The van der Waals surface area contributed by atoms with Crippen LogP contribution in [0.5, 0.6) is 0 Å². The third-order valence-electron chi connectivity index (χ3n) is 2.69. The number of carbonyl (C=O) groups is 1. The Hall–Kier alpha value is -0.920. The van der Waals surface area contributed by atoms with Crippen LogP contribution in [0.15, 0.2) is 12.7 Å². The van der Waals surface area contributed by atoms with Crippen molar-refractivity contribution in [3.05, 3.63) is 12.7 Å². The Labute approximate surface area is 115 Å². The maximum absolute atomic E-state index is 11.4. The lowest BCUT2D eigenvalue weighted by Gasteiger charge is -2.33. The number of hydrogen-bond acceptors (Lipinski definition) is 4. The quantitative estimate of drug-likeness (QED) is 0.335. The molecule has 0 aliphatic heterocycles. The molecule has 7 heteroatoms. The first-order chi connectivity index (χ1) is 8.65. The normalized spacial score (nSPS) is 13.9. The van der Waals surface area contributed by atoms with Crippen molar-refractivity contribution >= 4 is 16.0 Å². The van der Waals surface area contributed by atoms with Crippen molar-refractivity contribution in [2.45, 2.75) is 50.9 Å². The van der Waals surface area contributed by atoms with Gasteiger partial charge < -0.3 is 5.32 Å². The van der Waals surface area contributed by atoms with Gasteiger partial charge in [0.05, 0.1) is 5.54 Å². The summed E-state index contributed by atoms with van der Waals surface area (Å²) in [6.07, 6.45) is 3.83. The average Bonchev–Trinajstić information content (AvgIpc) is 2.25. The van der Waals surface area contributed by atoms with E-state index in [-0.39, 0.29) is 0 Å². The van der Waals surface area contributed by atoms with E-state index >= 15 is 0 Å². The van der Waals surface area contributed by atoms with Crippen LogP contribution in [0.4, 0.5) is 0 Å². The zero-order chi connectivity index (χ0) is 15.1. The standard InChI is InChI=1S/C12H24N2O4S/c1-5-7-8-9-13-11(19(16,17)18)12(3,4)14-10(15)6-2/h6,11,13H,2,5,7-9H2,1,3-4H3,(H,14,15)(H,16,17,18). The molecule has 112 valence electrons. The molecule has 0 aromatic carbocycles. The molecule has 0 saturated carbocycles. The molecule has 0 radical (unpaired) electrons. The number of nitrogens with one attached hydrogen (secondary N) is 2. The summed E-state index contributed by atoms with van der Waals surface area (Å²) < 4.78 is 32.1. The summed E-state index contributed by atoms with van der Waals surface area (Å²) in [6, 6.07) is 0. The lowest BCUT2D eigenvalue weighted by atomic mass is 10.0. The van der Waals surface area contributed by atoms with Gasteiger partial charge in [-0.3, -0.25) is 14.7 Å². The van der Waals surface area contributed by atoms with Gasteiger partial charge in [-0.25, -0.2) is 0 Å². The van der Waals surface area contributed by atoms with Crippen molar-refractivity contribution in [3.63, 3.8) is 0 Å². The van der Waals surface area contributed by atoms with Crippen molar-refractivity contribution in [1.29, 1.82) is 0 Å². The molecule has 1 amide bonds. The fourth-order valence-electron chi connectivity index (χ4n) is 1.78. The summed E-state index contributed by atoms with van der Waals surface area (Å²) >= 11 is 0. The van der Waals surface area contributed by atoms with E-state index in [4.69, 9.17) is 0 Å². The van der Waals surface area contributed by atoms with E-state index in [1.54, 1.807) is 0 Å². The SMILES string of the molecule is C=CC(=O)NC(C)(C)C(NCCCCC)S(=O)(=O)O. The topological polar surface area (TPSA) is 95.5 Å². The molecule has 0 heterocycles. The van der Waals surface area contributed by atoms with Gasteiger partial charge in [0, 0.05) is 0 Å². The molecule has 3 N–H and O–H groups in total. The van der Waals surface area contributed by atoms with Crippen LogP contribution in [0.1, 0.15) is 40.0 Å². The minimum atomic E-state index is -4.32. The Bertz CT molecular complexity index is 404. The molecule has 1 atom stereocenters. The Balaban J connectivity index is 4.83. The van der Waals surface area contributed by atoms with Gasteiger partial charge in [-0.05, 0) is 32.9 Å². The van der Waals surface area contributed by atoms with Crippen LogP contribution in [0.3, 0.4) is 0 Å². The van der Waals surface area contributed by atoms with Crippen LogP contribution in [-0.4, -0.2) is 36.3 Å². The second-order valence-corrected chi connectivity index (χ2v) is 6.47. The van der Waals surface area contributed by atoms with Crippen molar-refractivity contribution in [3.8, 4) is 0 Å². The first-order valence-corrected chi connectivity index (χ1v) is 7.79. The van der Waals surface area contributed by atoms with Crippen molar-refractivity contribution in [2.24, 2.45) is 0 Å². The summed E-state index contributed by atoms with van der Waals surface area (Å²) in [4.78, 5) is 11.3. The minimum absolute atomic E-state index is 0.450. The number of carbonyl (C=O) groups excluding carboxylic acids is 1. The molecule has 0 aliphatic rings. The van der Waals surface area contributed by atoms with Crippen molar-refractivity contribution in [2.75, 3.05) is 6.54 Å². The lowest BCUT2D eigenvalue weighted by molar-refractivity contribution is -0.118. The number of rotatable bonds is 9. The second-order valence-electron chi connectivity index (χ2n) is 4.97. The predicted octanol–water partition coefficient (Wildman–Crippen LogP) is 1.06. The number of amides is 1. The molecule has 0 saturated heterocycles. The number of unbranched alkanes of at least 4 members (excludes halogenated alkanes) is 2. The van der Waals surface area contributed by atoms with Crippen LogP contribution in [0.25, 0.3) is 0 Å². The van der Waals surface area contributed by atoms with E-state index in [1.807, 2.05) is 6.92 Å². The zero-order valence-electron chi connectivity index (χ0n) is 11.8. The number of hydrogen-bond donors (Lipinski definition) is 3. The Morgan fingerprint density at radius 1 is 1.42 bits per heavy atom. The first kappa shape index (κ1) is 18.1. The highest BCUT2D eigenvalue weighted by Crippen LogP contribution is 2.14. The lowest BCUT2D eigenvalue weighted by Crippen LogP contribution is -2.60. The van der Waals surface area contributed by atoms with Gasteiger partial charge in [-0.1, -0.05) is 26.3 Å². The highest BCUT2D eigenvalue weighted by Gasteiger charge is 2.39. The molecule has 0 rings (SSSR count). The largest absolute Gasteiger partial charge is 0.345 e. The summed E-state index contributed by atoms with van der Waals surface area (Å²) in [7, 11) is -4.32. The summed E-state index contributed by atoms with van der Waals surface area (Å²) in [5.41, 5.74) is -1.15. The summed E-state index contributed by atoms with van der Waals surface area (Å²) in [6.45, 7) is 8.85. The van der Waals surface area contributed by atoms with Crippen LogP contribution in [-0.2, 0) is 14.9 Å². The minimum Gasteiger partial charge on any atom is -0.345 e. The summed E-state index contributed by atoms with van der Waals surface area (Å²) in [5.74, 6) is -0.492. The van der Waals surface area contributed by atoms with Gasteiger partial charge in [0.15, 0.2) is 5.37 Å². The fraction of sp³-hybridized carbons (Fsp3) is 0.750. The molecule has 0 aromatic heterocycles. The van der Waals surface area contributed by atoms with Gasteiger partial charge in [-0.2, -0.15) is 8.42 Å². The van der Waals surface area contributed by atoms with Crippen LogP contribution < -0.4 is 10.6 Å². The Kier molecular flexibility index (Phi) is 7.25. The Morgan fingerprint density at radius 2 is 2.00 bits per heavy atom. The zero-order valence-corrected chi connectivity index (χ0v) is 12.6. The average molecular weight is 292 g/mol. The molecule has 0 fully saturated rings. The van der Waals surface area contributed by atoms with E-state index in [0.29, 0.717) is 6.54 Å². The summed E-state index contributed by atoms with van der Waals surface area (Å²) in [5, 5.41) is 4.01. The molecule has 0 aromatic rings. The molecular weight excluding hydrogens is 268 g/mol. The van der Waals surface area contributed by atoms with Crippen molar-refractivity contribution in [1.82, 2.24) is 10.6 Å².